The van der Waals surface area contributed by atoms with Crippen molar-refractivity contribution in [2.75, 3.05) is 0 Å². The summed E-state index contributed by atoms with van der Waals surface area (Å²) in [4.78, 5) is 0. The van der Waals surface area contributed by atoms with Gasteiger partial charge < -0.3 is 0 Å². The Kier molecular flexibility index (Phi) is 6.46. The maximum atomic E-state index is 2.46. The zero-order chi connectivity index (χ0) is 12.0. The molecule has 0 heterocycles. The van der Waals surface area contributed by atoms with Gasteiger partial charge in [0.1, 0.15) is 0 Å². The third kappa shape index (κ3) is 5.37. The fourth-order valence-electron chi connectivity index (χ4n) is 3.02. The molecule has 0 bridgehead atoms. The second kappa shape index (κ2) is 7.35. The van der Waals surface area contributed by atoms with Crippen molar-refractivity contribution in [3.8, 4) is 0 Å². The molecule has 1 rings (SSSR count). The van der Waals surface area contributed by atoms with Crippen LogP contribution in [0.4, 0.5) is 0 Å². The number of rotatable bonds is 7. The van der Waals surface area contributed by atoms with Crippen molar-refractivity contribution < 1.29 is 0 Å². The zero-order valence-electron chi connectivity index (χ0n) is 12.0. The van der Waals surface area contributed by atoms with Gasteiger partial charge in [0, 0.05) is 0 Å². The molecule has 0 radical (unpaired) electrons. The van der Waals surface area contributed by atoms with E-state index in [1.54, 1.807) is 0 Å². The van der Waals surface area contributed by atoms with Gasteiger partial charge in [-0.2, -0.15) is 0 Å². The minimum Gasteiger partial charge on any atom is -0.0651 e. The number of hydrogen-bond donors (Lipinski definition) is 0. The van der Waals surface area contributed by atoms with E-state index in [-0.39, 0.29) is 0 Å². The van der Waals surface area contributed by atoms with Gasteiger partial charge in [-0.25, -0.2) is 0 Å². The molecule has 4 unspecified atom stereocenters. The van der Waals surface area contributed by atoms with Gasteiger partial charge in [0.05, 0.1) is 0 Å². The molecule has 16 heavy (non-hydrogen) atoms. The molecule has 0 aromatic carbocycles. The molecule has 1 fully saturated rings. The van der Waals surface area contributed by atoms with Crippen LogP contribution in [-0.4, -0.2) is 0 Å². The van der Waals surface area contributed by atoms with Crippen LogP contribution in [0.15, 0.2) is 0 Å². The van der Waals surface area contributed by atoms with Crippen LogP contribution < -0.4 is 0 Å². The predicted molar refractivity (Wildman–Crippen MR) is 73.6 cm³/mol. The predicted octanol–water partition coefficient (Wildman–Crippen LogP) is 5.67. The smallest absolute Gasteiger partial charge is 0.0412 e. The first-order valence-electron chi connectivity index (χ1n) is 7.61. The van der Waals surface area contributed by atoms with E-state index >= 15 is 0 Å². The van der Waals surface area contributed by atoms with E-state index in [2.05, 4.69) is 27.7 Å². The molecule has 1 aliphatic carbocycles. The first kappa shape index (κ1) is 14.1. The van der Waals surface area contributed by atoms with Gasteiger partial charge in [-0.15, -0.1) is 0 Å². The highest BCUT2D eigenvalue weighted by Crippen LogP contribution is 2.34. The molecule has 0 aromatic rings. The molecule has 96 valence electrons. The Morgan fingerprint density at radius 3 is 2.25 bits per heavy atom. The van der Waals surface area contributed by atoms with Crippen LogP contribution in [-0.2, 0) is 0 Å². The lowest BCUT2D eigenvalue weighted by molar-refractivity contribution is 0.362. The molecule has 0 aliphatic heterocycles. The Morgan fingerprint density at radius 2 is 1.69 bits per heavy atom. The van der Waals surface area contributed by atoms with Crippen molar-refractivity contribution in [1.29, 1.82) is 0 Å². The lowest BCUT2D eigenvalue weighted by atomic mass is 9.90. The molecular formula is C16H32. The minimum atomic E-state index is 0.939. The SMILES string of the molecule is CCC(C)CCC(C)CCC1CCC(C)C1. The van der Waals surface area contributed by atoms with Gasteiger partial charge in [0.2, 0.25) is 0 Å². The fraction of sp³-hybridized carbons (Fsp3) is 1.00. The standard InChI is InChI=1S/C16H32/c1-5-13(2)6-7-14(3)8-10-16-11-9-15(4)12-16/h13-16H,5-12H2,1-4H3. The van der Waals surface area contributed by atoms with Gasteiger partial charge in [0.15, 0.2) is 0 Å². The Hall–Kier alpha value is 0. The van der Waals surface area contributed by atoms with E-state index in [0.29, 0.717) is 0 Å². The summed E-state index contributed by atoms with van der Waals surface area (Å²) < 4.78 is 0. The molecular weight excluding hydrogens is 192 g/mol. The summed E-state index contributed by atoms with van der Waals surface area (Å²) >= 11 is 0. The van der Waals surface area contributed by atoms with Gasteiger partial charge in [-0.05, 0) is 30.1 Å². The molecule has 0 spiro atoms. The summed E-state index contributed by atoms with van der Waals surface area (Å²) in [5, 5.41) is 0. The van der Waals surface area contributed by atoms with Gasteiger partial charge in [-0.1, -0.05) is 72.6 Å². The quantitative estimate of drug-likeness (QED) is 0.523. The van der Waals surface area contributed by atoms with Crippen LogP contribution in [0.2, 0.25) is 0 Å². The second-order valence-electron chi connectivity index (χ2n) is 6.56. The largest absolute Gasteiger partial charge is 0.0651 e. The van der Waals surface area contributed by atoms with Crippen molar-refractivity contribution in [3.05, 3.63) is 0 Å². The Labute approximate surface area is 103 Å². The van der Waals surface area contributed by atoms with Crippen molar-refractivity contribution in [2.45, 2.75) is 79.1 Å². The number of hydrogen-bond acceptors (Lipinski definition) is 0. The monoisotopic (exact) mass is 224 g/mol. The Balaban J connectivity index is 2.03. The van der Waals surface area contributed by atoms with E-state index in [1.807, 2.05) is 0 Å². The average Bonchev–Trinajstić information content (AvgIpc) is 2.69. The van der Waals surface area contributed by atoms with Gasteiger partial charge in [-0.3, -0.25) is 0 Å². The minimum absolute atomic E-state index is 0.939. The first-order chi connectivity index (χ1) is 7.61. The molecule has 0 amide bonds. The van der Waals surface area contributed by atoms with E-state index < -0.39 is 0 Å². The van der Waals surface area contributed by atoms with Crippen LogP contribution in [0.3, 0.4) is 0 Å². The highest BCUT2D eigenvalue weighted by molar-refractivity contribution is 4.73. The lowest BCUT2D eigenvalue weighted by Gasteiger charge is -2.16. The van der Waals surface area contributed by atoms with Gasteiger partial charge >= 0.3 is 0 Å². The Bertz CT molecular complexity index is 173. The fourth-order valence-corrected chi connectivity index (χ4v) is 3.02. The third-order valence-electron chi connectivity index (χ3n) is 4.72. The van der Waals surface area contributed by atoms with Gasteiger partial charge in [0.25, 0.3) is 0 Å². The van der Waals surface area contributed by atoms with Crippen LogP contribution in [0.1, 0.15) is 79.1 Å². The lowest BCUT2D eigenvalue weighted by Crippen LogP contribution is -2.03. The molecule has 0 nitrogen and oxygen atoms in total. The normalized spacial score (nSPS) is 29.2. The summed E-state index contributed by atoms with van der Waals surface area (Å²) in [6.07, 6.45) is 11.8. The van der Waals surface area contributed by atoms with E-state index in [4.69, 9.17) is 0 Å². The molecule has 1 saturated carbocycles. The topological polar surface area (TPSA) is 0 Å². The molecule has 0 heteroatoms. The molecule has 0 saturated heterocycles. The van der Waals surface area contributed by atoms with Crippen molar-refractivity contribution in [1.82, 2.24) is 0 Å². The molecule has 4 atom stereocenters. The summed E-state index contributed by atoms with van der Waals surface area (Å²) in [5.74, 6) is 3.99. The van der Waals surface area contributed by atoms with Crippen LogP contribution in [0.5, 0.6) is 0 Å². The molecule has 0 aromatic heterocycles. The van der Waals surface area contributed by atoms with Crippen molar-refractivity contribution in [2.24, 2.45) is 23.7 Å². The third-order valence-corrected chi connectivity index (χ3v) is 4.72. The Morgan fingerprint density at radius 1 is 1.00 bits per heavy atom. The van der Waals surface area contributed by atoms with Crippen LogP contribution in [0, 0.1) is 23.7 Å². The summed E-state index contributed by atoms with van der Waals surface area (Å²) in [5.41, 5.74) is 0. The van der Waals surface area contributed by atoms with Crippen molar-refractivity contribution >= 4 is 0 Å². The van der Waals surface area contributed by atoms with E-state index in [9.17, 15) is 0 Å². The van der Waals surface area contributed by atoms with Crippen LogP contribution in [0.25, 0.3) is 0 Å². The highest BCUT2D eigenvalue weighted by atomic mass is 14.3. The van der Waals surface area contributed by atoms with Crippen LogP contribution >= 0.6 is 0 Å². The maximum Gasteiger partial charge on any atom is -0.0412 e. The molecule has 0 N–H and O–H groups in total. The summed E-state index contributed by atoms with van der Waals surface area (Å²) in [6, 6.07) is 0. The second-order valence-corrected chi connectivity index (χ2v) is 6.56. The van der Waals surface area contributed by atoms with E-state index in [0.717, 1.165) is 23.7 Å². The summed E-state index contributed by atoms with van der Waals surface area (Å²) in [7, 11) is 0. The summed E-state index contributed by atoms with van der Waals surface area (Å²) in [6.45, 7) is 9.59. The first-order valence-corrected chi connectivity index (χ1v) is 7.61. The highest BCUT2D eigenvalue weighted by Gasteiger charge is 2.21. The molecule has 1 aliphatic rings. The maximum absolute atomic E-state index is 2.46. The average molecular weight is 224 g/mol. The van der Waals surface area contributed by atoms with E-state index in [1.165, 1.54) is 51.4 Å². The zero-order valence-corrected chi connectivity index (χ0v) is 12.0. The van der Waals surface area contributed by atoms with Crippen molar-refractivity contribution in [3.63, 3.8) is 0 Å².